The third kappa shape index (κ3) is 6.89. The van der Waals surface area contributed by atoms with Gasteiger partial charge in [0.1, 0.15) is 23.9 Å². The fraction of sp³-hybridized carbons (Fsp3) is 0.375. The van der Waals surface area contributed by atoms with Gasteiger partial charge < -0.3 is 19.9 Å². The normalized spacial score (nSPS) is 12.9. The number of nitrogens with zero attached hydrogens (tertiary/aromatic N) is 4. The van der Waals surface area contributed by atoms with Gasteiger partial charge in [-0.3, -0.25) is 0 Å². The average Bonchev–Trinajstić information content (AvgIpc) is 3.39. The van der Waals surface area contributed by atoms with Crippen molar-refractivity contribution in [2.24, 2.45) is 4.99 Å². The first-order valence-electron chi connectivity index (χ1n) is 11.0. The van der Waals surface area contributed by atoms with Crippen LogP contribution in [0.3, 0.4) is 0 Å². The summed E-state index contributed by atoms with van der Waals surface area (Å²) in [5, 5.41) is 15.2. The largest absolute Gasteiger partial charge is 0.491 e. The maximum Gasteiger partial charge on any atom is 0.196 e. The van der Waals surface area contributed by atoms with Crippen molar-refractivity contribution >= 4 is 35.6 Å². The highest BCUT2D eigenvalue weighted by Crippen LogP contribution is 2.18. The molecule has 1 aliphatic heterocycles. The molecular weight excluding hydrogens is 534 g/mol. The van der Waals surface area contributed by atoms with E-state index in [1.807, 2.05) is 44.2 Å². The number of ether oxygens (including phenoxy) is 1. The zero-order valence-electron chi connectivity index (χ0n) is 18.9. The Morgan fingerprint density at radius 1 is 1.15 bits per heavy atom. The second-order valence-electron chi connectivity index (χ2n) is 8.04. The van der Waals surface area contributed by atoms with Crippen LogP contribution in [0.5, 0.6) is 5.75 Å². The van der Waals surface area contributed by atoms with Gasteiger partial charge in [-0.25, -0.2) is 9.38 Å². The van der Waals surface area contributed by atoms with E-state index in [0.29, 0.717) is 31.0 Å². The van der Waals surface area contributed by atoms with Gasteiger partial charge in [0.05, 0.1) is 6.10 Å². The molecule has 0 spiro atoms. The smallest absolute Gasteiger partial charge is 0.196 e. The van der Waals surface area contributed by atoms with Gasteiger partial charge in [-0.1, -0.05) is 18.2 Å². The highest BCUT2D eigenvalue weighted by molar-refractivity contribution is 14.0. The van der Waals surface area contributed by atoms with Crippen molar-refractivity contribution in [1.82, 2.24) is 20.1 Å². The van der Waals surface area contributed by atoms with Crippen LogP contribution in [0.15, 0.2) is 53.5 Å². The van der Waals surface area contributed by atoms with Gasteiger partial charge in [0.25, 0.3) is 0 Å². The average molecular weight is 564 g/mol. The molecule has 0 saturated carbocycles. The number of halogens is 2. The van der Waals surface area contributed by atoms with Crippen molar-refractivity contribution in [3.63, 3.8) is 0 Å². The SMILES string of the molecule is CC(C)Oc1ccc(NC(=NCc2nnc3n2CCC3)NCCc2ccccc2F)cc1.I. The second kappa shape index (κ2) is 12.0. The zero-order valence-corrected chi connectivity index (χ0v) is 21.3. The van der Waals surface area contributed by atoms with Gasteiger partial charge in [-0.05, 0) is 62.6 Å². The minimum Gasteiger partial charge on any atom is -0.491 e. The maximum absolute atomic E-state index is 13.9. The maximum atomic E-state index is 13.9. The molecule has 0 amide bonds. The lowest BCUT2D eigenvalue weighted by atomic mass is 10.1. The molecule has 176 valence electrons. The Balaban J connectivity index is 0.00000306. The number of anilines is 1. The Morgan fingerprint density at radius 2 is 1.94 bits per heavy atom. The molecule has 2 N–H and O–H groups in total. The standard InChI is InChI=1S/C24H29FN6O.HI/c1-17(2)32-20-11-9-19(10-12-20)28-24(26-14-13-18-6-3-4-7-21(18)25)27-16-23-30-29-22-8-5-15-31(22)23;/h3-4,6-7,9-12,17H,5,8,13-16H2,1-2H3,(H2,26,27,28);1H. The summed E-state index contributed by atoms with van der Waals surface area (Å²) >= 11 is 0. The van der Waals surface area contributed by atoms with Gasteiger partial charge >= 0.3 is 0 Å². The lowest BCUT2D eigenvalue weighted by molar-refractivity contribution is 0.242. The van der Waals surface area contributed by atoms with Crippen LogP contribution in [0, 0.1) is 5.82 Å². The molecule has 0 fully saturated rings. The Labute approximate surface area is 210 Å². The van der Waals surface area contributed by atoms with Crippen LogP contribution in [-0.4, -0.2) is 33.4 Å². The molecule has 0 aliphatic carbocycles. The summed E-state index contributed by atoms with van der Waals surface area (Å²) in [5.74, 6) is 3.11. The van der Waals surface area contributed by atoms with Crippen LogP contribution in [0.2, 0.25) is 0 Å². The number of nitrogens with one attached hydrogen (secondary N) is 2. The molecule has 2 aromatic carbocycles. The molecule has 3 aromatic rings. The monoisotopic (exact) mass is 564 g/mol. The molecule has 9 heteroatoms. The van der Waals surface area contributed by atoms with E-state index in [-0.39, 0.29) is 35.9 Å². The van der Waals surface area contributed by atoms with E-state index in [1.54, 1.807) is 12.1 Å². The van der Waals surface area contributed by atoms with Crippen molar-refractivity contribution in [2.75, 3.05) is 11.9 Å². The van der Waals surface area contributed by atoms with Crippen molar-refractivity contribution < 1.29 is 9.13 Å². The van der Waals surface area contributed by atoms with Crippen molar-refractivity contribution in [3.05, 3.63) is 71.6 Å². The molecule has 4 rings (SSSR count). The Hall–Kier alpha value is -2.69. The molecule has 0 atom stereocenters. The lowest BCUT2D eigenvalue weighted by Crippen LogP contribution is -2.32. The van der Waals surface area contributed by atoms with Gasteiger partial charge in [-0.2, -0.15) is 0 Å². The number of fused-ring (bicyclic) bond motifs is 1. The van der Waals surface area contributed by atoms with Crippen LogP contribution in [0.4, 0.5) is 10.1 Å². The number of aromatic nitrogens is 3. The number of guanidine groups is 1. The fourth-order valence-electron chi connectivity index (χ4n) is 3.66. The highest BCUT2D eigenvalue weighted by Gasteiger charge is 2.17. The number of benzene rings is 2. The van der Waals surface area contributed by atoms with Crippen molar-refractivity contribution in [1.29, 1.82) is 0 Å². The van der Waals surface area contributed by atoms with Crippen LogP contribution in [0.1, 0.15) is 37.5 Å². The first kappa shape index (κ1) is 24.9. The number of aryl methyl sites for hydroxylation is 1. The van der Waals surface area contributed by atoms with Gasteiger partial charge in [0.15, 0.2) is 11.8 Å². The molecule has 7 nitrogen and oxygen atoms in total. The summed E-state index contributed by atoms with van der Waals surface area (Å²) in [7, 11) is 0. The van der Waals surface area contributed by atoms with E-state index >= 15 is 0 Å². The van der Waals surface area contributed by atoms with Crippen molar-refractivity contribution in [2.45, 2.75) is 52.3 Å². The first-order chi connectivity index (χ1) is 15.6. The Morgan fingerprint density at radius 3 is 2.70 bits per heavy atom. The topological polar surface area (TPSA) is 76.4 Å². The number of hydrogen-bond acceptors (Lipinski definition) is 4. The van der Waals surface area contributed by atoms with Crippen LogP contribution in [0.25, 0.3) is 0 Å². The molecule has 2 heterocycles. The summed E-state index contributed by atoms with van der Waals surface area (Å²) in [6.45, 7) is 5.89. The van der Waals surface area contributed by atoms with E-state index in [1.165, 1.54) is 6.07 Å². The van der Waals surface area contributed by atoms with Crippen molar-refractivity contribution in [3.8, 4) is 5.75 Å². The third-order valence-corrected chi connectivity index (χ3v) is 5.20. The zero-order chi connectivity index (χ0) is 22.3. The first-order valence-corrected chi connectivity index (χ1v) is 11.0. The molecule has 1 aliphatic rings. The molecule has 33 heavy (non-hydrogen) atoms. The molecule has 0 radical (unpaired) electrons. The summed E-state index contributed by atoms with van der Waals surface area (Å²) in [6.07, 6.45) is 2.73. The number of rotatable bonds is 8. The quantitative estimate of drug-likeness (QED) is 0.238. The molecule has 0 unspecified atom stereocenters. The summed E-state index contributed by atoms with van der Waals surface area (Å²) in [6, 6.07) is 14.6. The Kier molecular flexibility index (Phi) is 9.04. The second-order valence-corrected chi connectivity index (χ2v) is 8.04. The minimum atomic E-state index is -0.194. The van der Waals surface area contributed by atoms with E-state index in [2.05, 4.69) is 25.4 Å². The fourth-order valence-corrected chi connectivity index (χ4v) is 3.66. The number of hydrogen-bond donors (Lipinski definition) is 2. The van der Waals surface area contributed by atoms with Crippen LogP contribution < -0.4 is 15.4 Å². The number of aliphatic imine (C=N–C) groups is 1. The predicted molar refractivity (Wildman–Crippen MR) is 139 cm³/mol. The molecule has 0 bridgehead atoms. The molecule has 1 aromatic heterocycles. The van der Waals surface area contributed by atoms with Gasteiger partial charge in [-0.15, -0.1) is 34.2 Å². The van der Waals surface area contributed by atoms with Gasteiger partial charge in [0, 0.05) is 25.2 Å². The summed E-state index contributed by atoms with van der Waals surface area (Å²) < 4.78 is 21.8. The van der Waals surface area contributed by atoms with E-state index in [4.69, 9.17) is 9.73 Å². The van der Waals surface area contributed by atoms with E-state index in [0.717, 1.165) is 42.5 Å². The van der Waals surface area contributed by atoms with Gasteiger partial charge in [0.2, 0.25) is 0 Å². The van der Waals surface area contributed by atoms with Crippen LogP contribution >= 0.6 is 24.0 Å². The molecule has 0 saturated heterocycles. The van der Waals surface area contributed by atoms with E-state index in [9.17, 15) is 4.39 Å². The minimum absolute atomic E-state index is 0. The third-order valence-electron chi connectivity index (χ3n) is 5.20. The van der Waals surface area contributed by atoms with E-state index < -0.39 is 0 Å². The molecular formula is C24H30FIN6O. The summed E-state index contributed by atoms with van der Waals surface area (Å²) in [4.78, 5) is 4.71. The summed E-state index contributed by atoms with van der Waals surface area (Å²) in [5.41, 5.74) is 1.55. The highest BCUT2D eigenvalue weighted by atomic mass is 127. The van der Waals surface area contributed by atoms with Crippen LogP contribution in [-0.2, 0) is 25.9 Å². The predicted octanol–water partition coefficient (Wildman–Crippen LogP) is 4.57. The Bertz CT molecular complexity index is 1070. The lowest BCUT2D eigenvalue weighted by Gasteiger charge is -2.14.